The van der Waals surface area contributed by atoms with Gasteiger partial charge in [-0.3, -0.25) is 0 Å². The van der Waals surface area contributed by atoms with Gasteiger partial charge >= 0.3 is 5.97 Å². The first-order chi connectivity index (χ1) is 8.52. The molecule has 0 saturated heterocycles. The zero-order valence-corrected chi connectivity index (χ0v) is 11.0. The van der Waals surface area contributed by atoms with Crippen LogP contribution in [0.25, 0.3) is 0 Å². The van der Waals surface area contributed by atoms with E-state index in [1.54, 1.807) is 6.92 Å². The first-order valence-corrected chi connectivity index (χ1v) is 6.07. The minimum Gasteiger partial charge on any atom is -0.461 e. The van der Waals surface area contributed by atoms with Crippen LogP contribution in [-0.2, 0) is 4.74 Å². The van der Waals surface area contributed by atoms with Crippen molar-refractivity contribution < 1.29 is 19.1 Å². The number of aromatic nitrogens is 1. The Morgan fingerprint density at radius 3 is 2.94 bits per heavy atom. The van der Waals surface area contributed by atoms with E-state index in [2.05, 4.69) is 10.3 Å². The van der Waals surface area contributed by atoms with E-state index in [-0.39, 0.29) is 11.7 Å². The van der Waals surface area contributed by atoms with Crippen LogP contribution >= 0.6 is 0 Å². The number of ether oxygens (including phenoxy) is 1. The molecule has 0 fully saturated rings. The van der Waals surface area contributed by atoms with Crippen molar-refractivity contribution in [2.24, 2.45) is 5.92 Å². The zero-order chi connectivity index (χ0) is 13.5. The van der Waals surface area contributed by atoms with E-state index in [0.29, 0.717) is 25.5 Å². The second-order valence-electron chi connectivity index (χ2n) is 4.42. The van der Waals surface area contributed by atoms with E-state index >= 15 is 0 Å². The number of oxazole rings is 1. The summed E-state index contributed by atoms with van der Waals surface area (Å²) in [4.78, 5) is 15.2. The summed E-state index contributed by atoms with van der Waals surface area (Å²) in [5, 5.41) is 12.5. The molecular formula is C12H20N2O4. The SMILES string of the molecule is CCOC(=O)c1coc(NCC(O)CC(C)C)n1. The quantitative estimate of drug-likeness (QED) is 0.722. The monoisotopic (exact) mass is 256 g/mol. The number of anilines is 1. The highest BCUT2D eigenvalue weighted by atomic mass is 16.5. The second kappa shape index (κ2) is 7.00. The van der Waals surface area contributed by atoms with E-state index in [4.69, 9.17) is 9.15 Å². The van der Waals surface area contributed by atoms with Crippen LogP contribution in [0.3, 0.4) is 0 Å². The smallest absolute Gasteiger partial charge is 0.360 e. The summed E-state index contributed by atoms with van der Waals surface area (Å²) in [7, 11) is 0. The summed E-state index contributed by atoms with van der Waals surface area (Å²) < 4.78 is 9.83. The Balaban J connectivity index is 2.42. The number of rotatable bonds is 7. The third-order valence-corrected chi connectivity index (χ3v) is 2.22. The highest BCUT2D eigenvalue weighted by Gasteiger charge is 2.14. The third-order valence-electron chi connectivity index (χ3n) is 2.22. The van der Waals surface area contributed by atoms with Gasteiger partial charge in [-0.25, -0.2) is 4.79 Å². The molecule has 1 aromatic heterocycles. The normalized spacial score (nSPS) is 12.5. The van der Waals surface area contributed by atoms with Gasteiger partial charge < -0.3 is 19.6 Å². The van der Waals surface area contributed by atoms with Gasteiger partial charge in [0.2, 0.25) is 0 Å². The Morgan fingerprint density at radius 2 is 2.33 bits per heavy atom. The number of esters is 1. The van der Waals surface area contributed by atoms with Crippen molar-refractivity contribution in [3.8, 4) is 0 Å². The van der Waals surface area contributed by atoms with Crippen LogP contribution in [0.15, 0.2) is 10.7 Å². The minimum atomic E-state index is -0.517. The summed E-state index contributed by atoms with van der Waals surface area (Å²) in [5.74, 6) is -0.0986. The lowest BCUT2D eigenvalue weighted by atomic mass is 10.1. The fourth-order valence-corrected chi connectivity index (χ4v) is 1.49. The number of carbonyl (C=O) groups is 1. The lowest BCUT2D eigenvalue weighted by Gasteiger charge is -2.12. The van der Waals surface area contributed by atoms with Gasteiger partial charge in [0.05, 0.1) is 12.7 Å². The Labute approximate surface area is 106 Å². The maximum atomic E-state index is 11.3. The Bertz CT molecular complexity index is 376. The summed E-state index contributed by atoms with van der Waals surface area (Å²) >= 11 is 0. The van der Waals surface area contributed by atoms with Gasteiger partial charge in [-0.2, -0.15) is 4.98 Å². The van der Waals surface area contributed by atoms with Gasteiger partial charge in [0.15, 0.2) is 5.69 Å². The molecule has 6 heteroatoms. The molecular weight excluding hydrogens is 236 g/mol. The van der Waals surface area contributed by atoms with Gasteiger partial charge in [-0.05, 0) is 19.3 Å². The Morgan fingerprint density at radius 1 is 1.61 bits per heavy atom. The fraction of sp³-hybridized carbons (Fsp3) is 0.667. The standard InChI is InChI=1S/C12H20N2O4/c1-4-17-11(16)10-7-18-12(14-10)13-6-9(15)5-8(2)3/h7-9,15H,4-6H2,1-3H3,(H,13,14). The number of nitrogens with one attached hydrogen (secondary N) is 1. The van der Waals surface area contributed by atoms with Crippen molar-refractivity contribution in [3.05, 3.63) is 12.0 Å². The Kier molecular flexibility index (Phi) is 5.64. The molecule has 1 heterocycles. The fourth-order valence-electron chi connectivity index (χ4n) is 1.49. The molecule has 0 amide bonds. The molecule has 0 bridgehead atoms. The molecule has 0 spiro atoms. The van der Waals surface area contributed by atoms with Gasteiger partial charge in [0.25, 0.3) is 6.01 Å². The molecule has 0 aliphatic carbocycles. The van der Waals surface area contributed by atoms with Crippen molar-refractivity contribution in [1.29, 1.82) is 0 Å². The maximum Gasteiger partial charge on any atom is 0.360 e. The molecule has 0 saturated carbocycles. The number of aliphatic hydroxyl groups excluding tert-OH is 1. The van der Waals surface area contributed by atoms with Crippen LogP contribution < -0.4 is 5.32 Å². The number of carbonyl (C=O) groups excluding carboxylic acids is 1. The molecule has 1 atom stereocenters. The summed E-state index contributed by atoms with van der Waals surface area (Å²) in [5.41, 5.74) is 0.123. The molecule has 1 aromatic rings. The number of hydrogen-bond donors (Lipinski definition) is 2. The Hall–Kier alpha value is -1.56. The lowest BCUT2D eigenvalue weighted by Crippen LogP contribution is -2.21. The molecule has 0 aromatic carbocycles. The molecule has 6 nitrogen and oxygen atoms in total. The maximum absolute atomic E-state index is 11.3. The van der Waals surface area contributed by atoms with Crippen LogP contribution in [0.5, 0.6) is 0 Å². The van der Waals surface area contributed by atoms with Crippen molar-refractivity contribution in [3.63, 3.8) is 0 Å². The summed E-state index contributed by atoms with van der Waals surface area (Å²) in [6, 6.07) is 0.209. The van der Waals surface area contributed by atoms with Gasteiger partial charge in [-0.1, -0.05) is 13.8 Å². The second-order valence-corrected chi connectivity index (χ2v) is 4.42. The van der Waals surface area contributed by atoms with E-state index in [1.807, 2.05) is 13.8 Å². The van der Waals surface area contributed by atoms with Crippen molar-refractivity contribution in [2.75, 3.05) is 18.5 Å². The van der Waals surface area contributed by atoms with E-state index in [0.717, 1.165) is 0 Å². The number of nitrogens with zero attached hydrogens (tertiary/aromatic N) is 1. The molecule has 1 rings (SSSR count). The highest BCUT2D eigenvalue weighted by Crippen LogP contribution is 2.10. The molecule has 0 aliphatic rings. The third kappa shape index (κ3) is 4.75. The molecule has 2 N–H and O–H groups in total. The van der Waals surface area contributed by atoms with Crippen LogP contribution in [-0.4, -0.2) is 35.3 Å². The van der Waals surface area contributed by atoms with E-state index < -0.39 is 12.1 Å². The van der Waals surface area contributed by atoms with Crippen molar-refractivity contribution >= 4 is 12.0 Å². The summed E-state index contributed by atoms with van der Waals surface area (Å²) in [6.45, 7) is 6.42. The van der Waals surface area contributed by atoms with Gasteiger partial charge in [-0.15, -0.1) is 0 Å². The predicted molar refractivity (Wildman–Crippen MR) is 66.4 cm³/mol. The average Bonchev–Trinajstić information content (AvgIpc) is 2.74. The minimum absolute atomic E-state index is 0.123. The number of aliphatic hydroxyl groups is 1. The van der Waals surface area contributed by atoms with Gasteiger partial charge in [0, 0.05) is 6.54 Å². The van der Waals surface area contributed by atoms with Crippen LogP contribution in [0, 0.1) is 5.92 Å². The lowest BCUT2D eigenvalue weighted by molar-refractivity contribution is 0.0519. The molecule has 0 radical (unpaired) electrons. The van der Waals surface area contributed by atoms with Crippen LogP contribution in [0.2, 0.25) is 0 Å². The molecule has 18 heavy (non-hydrogen) atoms. The number of hydrogen-bond acceptors (Lipinski definition) is 6. The largest absolute Gasteiger partial charge is 0.461 e. The first kappa shape index (κ1) is 14.5. The average molecular weight is 256 g/mol. The first-order valence-electron chi connectivity index (χ1n) is 6.07. The summed E-state index contributed by atoms with van der Waals surface area (Å²) in [6.07, 6.45) is 1.45. The van der Waals surface area contributed by atoms with E-state index in [9.17, 15) is 9.90 Å². The predicted octanol–water partition coefficient (Wildman–Crippen LogP) is 1.67. The van der Waals surface area contributed by atoms with E-state index in [1.165, 1.54) is 6.26 Å². The highest BCUT2D eigenvalue weighted by molar-refractivity contribution is 5.87. The van der Waals surface area contributed by atoms with Crippen LogP contribution in [0.4, 0.5) is 6.01 Å². The van der Waals surface area contributed by atoms with Crippen LogP contribution in [0.1, 0.15) is 37.7 Å². The molecule has 0 aliphatic heterocycles. The van der Waals surface area contributed by atoms with Gasteiger partial charge in [0.1, 0.15) is 6.26 Å². The molecule has 1 unspecified atom stereocenters. The molecule has 102 valence electrons. The zero-order valence-electron chi connectivity index (χ0n) is 11.0. The van der Waals surface area contributed by atoms with Crippen molar-refractivity contribution in [1.82, 2.24) is 4.98 Å². The van der Waals surface area contributed by atoms with Crippen molar-refractivity contribution in [2.45, 2.75) is 33.3 Å². The topological polar surface area (TPSA) is 84.6 Å².